The number of benzene rings is 2. The van der Waals surface area contributed by atoms with Crippen LogP contribution in [0.25, 0.3) is 6.08 Å². The molecule has 0 heterocycles. The van der Waals surface area contributed by atoms with Crippen LogP contribution in [0.3, 0.4) is 0 Å². The Morgan fingerprint density at radius 1 is 1.13 bits per heavy atom. The predicted molar refractivity (Wildman–Crippen MR) is 118 cm³/mol. The Hall–Kier alpha value is -2.97. The first kappa shape index (κ1) is 22.7. The fourth-order valence-electron chi connectivity index (χ4n) is 3.39. The maximum absolute atomic E-state index is 12.2. The zero-order valence-electron chi connectivity index (χ0n) is 17.3. The number of carbonyl (C=O) groups is 2. The summed E-state index contributed by atoms with van der Waals surface area (Å²) in [4.78, 5) is 24.0. The maximum Gasteiger partial charge on any atom is 0.321 e. The molecule has 31 heavy (non-hydrogen) atoms. The minimum absolute atomic E-state index is 0.110. The molecule has 7 nitrogen and oxygen atoms in total. The zero-order valence-corrected chi connectivity index (χ0v) is 18.2. The topological polar surface area (TPSA) is 102 Å². The van der Waals surface area contributed by atoms with Gasteiger partial charge in [-0.3, -0.25) is 9.59 Å². The zero-order chi connectivity index (χ0) is 22.3. The third-order valence-electron chi connectivity index (χ3n) is 5.00. The van der Waals surface area contributed by atoms with Gasteiger partial charge in [0.25, 0.3) is 5.91 Å². The highest BCUT2D eigenvalue weighted by Gasteiger charge is 2.21. The molecule has 1 aliphatic rings. The van der Waals surface area contributed by atoms with Gasteiger partial charge in [-0.2, -0.15) is 0 Å². The Labute approximate surface area is 182 Å². The number of rotatable bonds is 8. The van der Waals surface area contributed by atoms with E-state index in [-0.39, 0.29) is 6.04 Å². The first-order valence-electron chi connectivity index (χ1n) is 10.1. The quantitative estimate of drug-likeness (QED) is 0.612. The second-order valence-electron chi connectivity index (χ2n) is 7.45. The average Bonchev–Trinajstić information content (AvgIpc) is 2.76. The monoisotopic (exact) mass is 442 g/mol. The number of carbonyl (C=O) groups excluding carboxylic acids is 2. The van der Waals surface area contributed by atoms with Crippen molar-refractivity contribution in [2.24, 2.45) is 0 Å². The van der Waals surface area contributed by atoms with Crippen molar-refractivity contribution >= 4 is 28.0 Å². The van der Waals surface area contributed by atoms with Crippen LogP contribution in [-0.2, 0) is 30.8 Å². The lowest BCUT2D eigenvalue weighted by atomic mass is 9.88. The van der Waals surface area contributed by atoms with Gasteiger partial charge in [0.1, 0.15) is 6.54 Å². The van der Waals surface area contributed by atoms with E-state index in [1.165, 1.54) is 11.6 Å². The van der Waals surface area contributed by atoms with Crippen LogP contribution in [0.4, 0.5) is 0 Å². The molecular weight excluding hydrogens is 416 g/mol. The molecule has 2 aromatic carbocycles. The van der Waals surface area contributed by atoms with Crippen LogP contribution < -0.4 is 10.0 Å². The van der Waals surface area contributed by atoms with E-state index in [0.717, 1.165) is 41.4 Å². The third-order valence-corrected chi connectivity index (χ3v) is 6.04. The molecule has 164 valence electrons. The SMILES string of the molecule is Cc1ccc(/C=C/S(=O)(=O)NCC(=O)OCC(=O)N[C@H]2CCCc3ccccc32)cc1. The third kappa shape index (κ3) is 7.04. The molecular formula is C23H26N2O5S. The number of aryl methyl sites for hydroxylation is 2. The van der Waals surface area contributed by atoms with Crippen molar-refractivity contribution in [2.45, 2.75) is 32.2 Å². The molecule has 1 amide bonds. The van der Waals surface area contributed by atoms with Gasteiger partial charge < -0.3 is 10.1 Å². The van der Waals surface area contributed by atoms with E-state index in [2.05, 4.69) is 10.0 Å². The summed E-state index contributed by atoms with van der Waals surface area (Å²) in [6, 6.07) is 15.2. The second kappa shape index (κ2) is 10.4. The smallest absolute Gasteiger partial charge is 0.321 e. The van der Waals surface area contributed by atoms with Crippen LogP contribution in [0.2, 0.25) is 0 Å². The van der Waals surface area contributed by atoms with Crippen LogP contribution in [-0.4, -0.2) is 33.4 Å². The number of hydrogen-bond donors (Lipinski definition) is 2. The average molecular weight is 443 g/mol. The minimum Gasteiger partial charge on any atom is -0.455 e. The van der Waals surface area contributed by atoms with Crippen LogP contribution in [0.15, 0.2) is 53.9 Å². The van der Waals surface area contributed by atoms with Gasteiger partial charge in [-0.05, 0) is 49.0 Å². The highest BCUT2D eigenvalue weighted by atomic mass is 32.2. The first-order valence-corrected chi connectivity index (χ1v) is 11.6. The summed E-state index contributed by atoms with van der Waals surface area (Å²) in [6.07, 6.45) is 4.21. The van der Waals surface area contributed by atoms with E-state index >= 15 is 0 Å². The summed E-state index contributed by atoms with van der Waals surface area (Å²) < 4.78 is 31.1. The van der Waals surface area contributed by atoms with E-state index in [0.29, 0.717) is 0 Å². The van der Waals surface area contributed by atoms with Crippen LogP contribution in [0.1, 0.15) is 41.1 Å². The Kier molecular flexibility index (Phi) is 7.59. The van der Waals surface area contributed by atoms with E-state index in [1.54, 1.807) is 12.1 Å². The Bertz CT molecular complexity index is 1060. The lowest BCUT2D eigenvalue weighted by molar-refractivity contribution is -0.147. The number of ether oxygens (including phenoxy) is 1. The summed E-state index contributed by atoms with van der Waals surface area (Å²) >= 11 is 0. The molecule has 0 bridgehead atoms. The number of hydrogen-bond acceptors (Lipinski definition) is 5. The molecule has 0 radical (unpaired) electrons. The highest BCUT2D eigenvalue weighted by Crippen LogP contribution is 2.29. The van der Waals surface area contributed by atoms with Gasteiger partial charge in [-0.25, -0.2) is 13.1 Å². The summed E-state index contributed by atoms with van der Waals surface area (Å²) in [5, 5.41) is 3.86. The van der Waals surface area contributed by atoms with Gasteiger partial charge in [0, 0.05) is 5.41 Å². The van der Waals surface area contributed by atoms with Gasteiger partial charge >= 0.3 is 5.97 Å². The lowest BCUT2D eigenvalue weighted by Gasteiger charge is -2.26. The molecule has 0 saturated carbocycles. The lowest BCUT2D eigenvalue weighted by Crippen LogP contribution is -2.36. The molecule has 0 fully saturated rings. The van der Waals surface area contributed by atoms with Gasteiger partial charge in [-0.1, -0.05) is 54.1 Å². The summed E-state index contributed by atoms with van der Waals surface area (Å²) in [5.41, 5.74) is 4.09. The second-order valence-corrected chi connectivity index (χ2v) is 9.10. The van der Waals surface area contributed by atoms with E-state index in [4.69, 9.17) is 4.74 Å². The van der Waals surface area contributed by atoms with Gasteiger partial charge in [0.2, 0.25) is 10.0 Å². The Morgan fingerprint density at radius 3 is 2.65 bits per heavy atom. The number of sulfonamides is 1. The molecule has 1 aliphatic carbocycles. The number of amides is 1. The van der Waals surface area contributed by atoms with Crippen molar-refractivity contribution in [1.82, 2.24) is 10.0 Å². The van der Waals surface area contributed by atoms with Gasteiger partial charge in [0.05, 0.1) is 6.04 Å². The summed E-state index contributed by atoms with van der Waals surface area (Å²) in [5.74, 6) is -1.25. The van der Waals surface area contributed by atoms with Crippen molar-refractivity contribution in [3.05, 3.63) is 76.2 Å². The van der Waals surface area contributed by atoms with Crippen molar-refractivity contribution in [3.8, 4) is 0 Å². The standard InChI is InChI=1S/C23H26N2O5S/c1-17-9-11-18(12-10-17)13-14-31(28,29)24-15-23(27)30-16-22(26)25-21-8-4-6-19-5-2-3-7-20(19)21/h2-3,5,7,9-14,21,24H,4,6,8,15-16H2,1H3,(H,25,26)/b14-13+/t21-/m0/s1. The van der Waals surface area contributed by atoms with Crippen LogP contribution >= 0.6 is 0 Å². The Balaban J connectivity index is 1.42. The minimum atomic E-state index is -3.81. The van der Waals surface area contributed by atoms with Crippen molar-refractivity contribution in [1.29, 1.82) is 0 Å². The number of nitrogens with one attached hydrogen (secondary N) is 2. The molecule has 0 aromatic heterocycles. The number of fused-ring (bicyclic) bond motifs is 1. The van der Waals surface area contributed by atoms with Gasteiger partial charge in [0.15, 0.2) is 6.61 Å². The molecule has 0 aliphatic heterocycles. The molecule has 0 spiro atoms. The molecule has 2 N–H and O–H groups in total. The van der Waals surface area contributed by atoms with Gasteiger partial charge in [-0.15, -0.1) is 0 Å². The molecule has 0 saturated heterocycles. The van der Waals surface area contributed by atoms with Crippen LogP contribution in [0, 0.1) is 6.92 Å². The predicted octanol–water partition coefficient (Wildman–Crippen LogP) is 2.62. The summed E-state index contributed by atoms with van der Waals surface area (Å²) in [7, 11) is -3.81. The van der Waals surface area contributed by atoms with Crippen molar-refractivity contribution in [2.75, 3.05) is 13.2 Å². The molecule has 3 rings (SSSR count). The molecule has 2 aromatic rings. The van der Waals surface area contributed by atoms with Crippen LogP contribution in [0.5, 0.6) is 0 Å². The normalized spacial score (nSPS) is 16.0. The molecule has 0 unspecified atom stereocenters. The summed E-state index contributed by atoms with van der Waals surface area (Å²) in [6.45, 7) is 0.921. The van der Waals surface area contributed by atoms with Crippen molar-refractivity contribution in [3.63, 3.8) is 0 Å². The van der Waals surface area contributed by atoms with E-state index in [9.17, 15) is 18.0 Å². The number of esters is 1. The van der Waals surface area contributed by atoms with E-state index in [1.807, 2.05) is 43.3 Å². The fraction of sp³-hybridized carbons (Fsp3) is 0.304. The molecule has 1 atom stereocenters. The Morgan fingerprint density at radius 2 is 1.87 bits per heavy atom. The fourth-order valence-corrected chi connectivity index (χ4v) is 4.14. The van der Waals surface area contributed by atoms with E-state index < -0.39 is 35.1 Å². The van der Waals surface area contributed by atoms with Crippen molar-refractivity contribution < 1.29 is 22.7 Å². The molecule has 8 heteroatoms. The highest BCUT2D eigenvalue weighted by molar-refractivity contribution is 7.92. The maximum atomic E-state index is 12.2. The first-order chi connectivity index (χ1) is 14.8. The largest absolute Gasteiger partial charge is 0.455 e.